The number of benzene rings is 2. The highest BCUT2D eigenvalue weighted by atomic mass is 16.2. The standard InChI is InChI=1S/C27H36N4O3/c28-14-6-15-29-25(32)23(18-19-12-13-20-7-1-4-10-22(20)17-19)30-26(33)24-11-5-16-31(24)27(34)21-8-2-3-9-21/h1,4,7,10,12-13,17,21,23-24H,2-3,5-6,8-9,11,14-16,18,28H2,(H,29,32)(H,30,33)/t23-,24+/m1/s1. The van der Waals surface area contributed by atoms with Crippen molar-refractivity contribution in [3.63, 3.8) is 0 Å². The van der Waals surface area contributed by atoms with Crippen molar-refractivity contribution in [2.75, 3.05) is 19.6 Å². The third-order valence-corrected chi connectivity index (χ3v) is 7.11. The van der Waals surface area contributed by atoms with E-state index in [2.05, 4.69) is 16.7 Å². The quantitative estimate of drug-likeness (QED) is 0.496. The Bertz CT molecular complexity index is 1020. The monoisotopic (exact) mass is 464 g/mol. The Morgan fingerprint density at radius 3 is 2.53 bits per heavy atom. The molecule has 2 fully saturated rings. The van der Waals surface area contributed by atoms with Gasteiger partial charge in [-0.05, 0) is 55.0 Å². The zero-order chi connectivity index (χ0) is 23.9. The first-order valence-electron chi connectivity index (χ1n) is 12.6. The Morgan fingerprint density at radius 1 is 1.00 bits per heavy atom. The molecule has 7 heteroatoms. The Labute approximate surface area is 201 Å². The molecule has 4 N–H and O–H groups in total. The van der Waals surface area contributed by atoms with Crippen LogP contribution in [0.25, 0.3) is 10.8 Å². The summed E-state index contributed by atoms with van der Waals surface area (Å²) in [7, 11) is 0. The van der Waals surface area contributed by atoms with Gasteiger partial charge in [-0.15, -0.1) is 0 Å². The Hall–Kier alpha value is -2.93. The molecule has 182 valence electrons. The molecular weight excluding hydrogens is 428 g/mol. The summed E-state index contributed by atoms with van der Waals surface area (Å²) in [5.74, 6) is -0.305. The number of carbonyl (C=O) groups excluding carboxylic acids is 3. The fraction of sp³-hybridized carbons (Fsp3) is 0.519. The van der Waals surface area contributed by atoms with Crippen molar-refractivity contribution in [1.82, 2.24) is 15.5 Å². The minimum atomic E-state index is -0.713. The molecule has 0 bridgehead atoms. The molecule has 0 spiro atoms. The van der Waals surface area contributed by atoms with Crippen LogP contribution >= 0.6 is 0 Å². The van der Waals surface area contributed by atoms with Gasteiger partial charge in [-0.25, -0.2) is 0 Å². The van der Waals surface area contributed by atoms with E-state index in [1.54, 1.807) is 4.90 Å². The summed E-state index contributed by atoms with van der Waals surface area (Å²) in [5, 5.41) is 8.11. The van der Waals surface area contributed by atoms with Gasteiger partial charge >= 0.3 is 0 Å². The van der Waals surface area contributed by atoms with Crippen LogP contribution in [0.5, 0.6) is 0 Å². The average Bonchev–Trinajstić information content (AvgIpc) is 3.56. The number of hydrogen-bond donors (Lipinski definition) is 3. The van der Waals surface area contributed by atoms with Crippen LogP contribution in [0, 0.1) is 5.92 Å². The molecule has 7 nitrogen and oxygen atoms in total. The Balaban J connectivity index is 1.47. The number of carbonyl (C=O) groups is 3. The van der Waals surface area contributed by atoms with Crippen molar-refractivity contribution in [2.45, 2.75) is 63.5 Å². The predicted octanol–water partition coefficient (Wildman–Crippen LogP) is 2.51. The van der Waals surface area contributed by atoms with Crippen molar-refractivity contribution >= 4 is 28.5 Å². The second kappa shape index (κ2) is 11.5. The van der Waals surface area contributed by atoms with Crippen LogP contribution in [0.3, 0.4) is 0 Å². The summed E-state index contributed by atoms with van der Waals surface area (Å²) >= 11 is 0. The van der Waals surface area contributed by atoms with E-state index in [9.17, 15) is 14.4 Å². The van der Waals surface area contributed by atoms with Crippen LogP contribution in [0.15, 0.2) is 42.5 Å². The maximum absolute atomic E-state index is 13.3. The molecule has 2 aromatic carbocycles. The van der Waals surface area contributed by atoms with Gasteiger partial charge in [0.2, 0.25) is 17.7 Å². The van der Waals surface area contributed by atoms with Crippen molar-refractivity contribution in [3.05, 3.63) is 48.0 Å². The van der Waals surface area contributed by atoms with Gasteiger partial charge in [0.1, 0.15) is 12.1 Å². The van der Waals surface area contributed by atoms with Crippen LogP contribution in [0.1, 0.15) is 50.5 Å². The van der Waals surface area contributed by atoms with Crippen molar-refractivity contribution in [1.29, 1.82) is 0 Å². The highest BCUT2D eigenvalue weighted by molar-refractivity contribution is 5.93. The maximum atomic E-state index is 13.3. The van der Waals surface area contributed by atoms with E-state index in [0.717, 1.165) is 48.4 Å². The van der Waals surface area contributed by atoms with E-state index in [1.807, 2.05) is 36.4 Å². The molecule has 1 aliphatic heterocycles. The molecule has 4 rings (SSSR count). The summed E-state index contributed by atoms with van der Waals surface area (Å²) < 4.78 is 0. The lowest BCUT2D eigenvalue weighted by Crippen LogP contribution is -2.54. The zero-order valence-electron chi connectivity index (χ0n) is 19.8. The van der Waals surface area contributed by atoms with Gasteiger partial charge in [0.25, 0.3) is 0 Å². The molecule has 1 aliphatic carbocycles. The van der Waals surface area contributed by atoms with Crippen molar-refractivity contribution in [2.24, 2.45) is 11.7 Å². The van der Waals surface area contributed by atoms with E-state index in [-0.39, 0.29) is 23.6 Å². The molecule has 2 aromatic rings. The largest absolute Gasteiger partial charge is 0.354 e. The van der Waals surface area contributed by atoms with E-state index in [0.29, 0.717) is 38.9 Å². The van der Waals surface area contributed by atoms with Crippen LogP contribution in [0.2, 0.25) is 0 Å². The molecule has 2 aliphatic rings. The summed E-state index contributed by atoms with van der Waals surface area (Å²) in [4.78, 5) is 41.1. The lowest BCUT2D eigenvalue weighted by atomic mass is 10.0. The van der Waals surface area contributed by atoms with Gasteiger partial charge < -0.3 is 21.3 Å². The number of fused-ring (bicyclic) bond motifs is 1. The maximum Gasteiger partial charge on any atom is 0.243 e. The molecule has 0 aromatic heterocycles. The van der Waals surface area contributed by atoms with Crippen LogP contribution in [-0.4, -0.2) is 54.3 Å². The predicted molar refractivity (Wildman–Crippen MR) is 133 cm³/mol. The topological polar surface area (TPSA) is 105 Å². The fourth-order valence-electron chi connectivity index (χ4n) is 5.23. The Kier molecular flexibility index (Phi) is 8.16. The first-order valence-corrected chi connectivity index (χ1v) is 12.6. The average molecular weight is 465 g/mol. The minimum absolute atomic E-state index is 0.0429. The summed E-state index contributed by atoms with van der Waals surface area (Å²) in [6.07, 6.45) is 6.50. The number of nitrogens with zero attached hydrogens (tertiary/aromatic N) is 1. The molecule has 1 saturated heterocycles. The molecule has 1 heterocycles. The molecular formula is C27H36N4O3. The number of rotatable bonds is 9. The third kappa shape index (κ3) is 5.76. The first kappa shape index (κ1) is 24.2. The van der Waals surface area contributed by atoms with Crippen LogP contribution in [-0.2, 0) is 20.8 Å². The normalized spacial score (nSPS) is 19.3. The third-order valence-electron chi connectivity index (χ3n) is 7.11. The molecule has 0 radical (unpaired) electrons. The van der Waals surface area contributed by atoms with E-state index >= 15 is 0 Å². The number of nitrogens with two attached hydrogens (primary N) is 1. The summed E-state index contributed by atoms with van der Waals surface area (Å²) in [6.45, 7) is 1.57. The number of amides is 3. The molecule has 34 heavy (non-hydrogen) atoms. The second-order valence-corrected chi connectivity index (χ2v) is 9.55. The van der Waals surface area contributed by atoms with Gasteiger partial charge in [0.05, 0.1) is 0 Å². The van der Waals surface area contributed by atoms with Gasteiger partial charge in [0.15, 0.2) is 0 Å². The van der Waals surface area contributed by atoms with Crippen molar-refractivity contribution in [3.8, 4) is 0 Å². The number of likely N-dealkylation sites (tertiary alicyclic amines) is 1. The lowest BCUT2D eigenvalue weighted by Gasteiger charge is -2.28. The fourth-order valence-corrected chi connectivity index (χ4v) is 5.23. The van der Waals surface area contributed by atoms with Crippen LogP contribution < -0.4 is 16.4 Å². The molecule has 1 saturated carbocycles. The van der Waals surface area contributed by atoms with E-state index < -0.39 is 12.1 Å². The van der Waals surface area contributed by atoms with Crippen molar-refractivity contribution < 1.29 is 14.4 Å². The van der Waals surface area contributed by atoms with E-state index in [1.165, 1.54) is 0 Å². The van der Waals surface area contributed by atoms with Gasteiger partial charge in [-0.2, -0.15) is 0 Å². The summed E-state index contributed by atoms with van der Waals surface area (Å²) in [5.41, 5.74) is 6.54. The zero-order valence-corrected chi connectivity index (χ0v) is 19.8. The smallest absolute Gasteiger partial charge is 0.243 e. The highest BCUT2D eigenvalue weighted by Gasteiger charge is 2.38. The van der Waals surface area contributed by atoms with E-state index in [4.69, 9.17) is 5.73 Å². The van der Waals surface area contributed by atoms with Gasteiger partial charge in [-0.3, -0.25) is 14.4 Å². The van der Waals surface area contributed by atoms with Gasteiger partial charge in [0, 0.05) is 25.4 Å². The Morgan fingerprint density at radius 2 is 1.76 bits per heavy atom. The minimum Gasteiger partial charge on any atom is -0.354 e. The summed E-state index contributed by atoms with van der Waals surface area (Å²) in [6, 6.07) is 13.0. The second-order valence-electron chi connectivity index (χ2n) is 9.55. The number of nitrogens with one attached hydrogen (secondary N) is 2. The lowest BCUT2D eigenvalue weighted by molar-refractivity contribution is -0.142. The van der Waals surface area contributed by atoms with Gasteiger partial charge in [-0.1, -0.05) is 55.3 Å². The highest BCUT2D eigenvalue weighted by Crippen LogP contribution is 2.30. The molecule has 0 unspecified atom stereocenters. The van der Waals surface area contributed by atoms with Crippen LogP contribution in [0.4, 0.5) is 0 Å². The first-order chi connectivity index (χ1) is 16.6. The SMILES string of the molecule is NCCCNC(=O)[C@@H](Cc1ccc2ccccc2c1)NC(=O)[C@@H]1CCCN1C(=O)C1CCCC1. The molecule has 3 amide bonds. The molecule has 2 atom stereocenters. The number of hydrogen-bond acceptors (Lipinski definition) is 4.